The number of rotatable bonds is 6. The van der Waals surface area contributed by atoms with Crippen molar-refractivity contribution in [3.8, 4) is 0 Å². The summed E-state index contributed by atoms with van der Waals surface area (Å²) < 4.78 is 25.0. The number of nitrogens with two attached hydrogens (primary N) is 1. The SMILES string of the molecule is NC[C@H]1CCC[C@H]1C(=O)Nc1cccc(CS(=O)(=O)c2ccccc2)c1. The Morgan fingerprint density at radius 2 is 1.85 bits per heavy atom. The van der Waals surface area contributed by atoms with Gasteiger partial charge in [0, 0.05) is 11.6 Å². The van der Waals surface area contributed by atoms with Gasteiger partial charge in [-0.05, 0) is 55.1 Å². The second-order valence-corrected chi connectivity index (χ2v) is 8.78. The van der Waals surface area contributed by atoms with Gasteiger partial charge in [0.15, 0.2) is 9.84 Å². The van der Waals surface area contributed by atoms with Crippen LogP contribution in [0.25, 0.3) is 0 Å². The molecule has 0 radical (unpaired) electrons. The predicted octanol–water partition coefficient (Wildman–Crippen LogP) is 2.97. The van der Waals surface area contributed by atoms with Crippen LogP contribution < -0.4 is 11.1 Å². The van der Waals surface area contributed by atoms with Gasteiger partial charge in [0.2, 0.25) is 5.91 Å². The Hall–Kier alpha value is -2.18. The second-order valence-electron chi connectivity index (χ2n) is 6.79. The van der Waals surface area contributed by atoms with Crippen molar-refractivity contribution >= 4 is 21.4 Å². The first-order chi connectivity index (χ1) is 12.5. The molecule has 26 heavy (non-hydrogen) atoms. The molecule has 138 valence electrons. The summed E-state index contributed by atoms with van der Waals surface area (Å²) in [5.41, 5.74) is 7.03. The topological polar surface area (TPSA) is 89.3 Å². The van der Waals surface area contributed by atoms with Crippen LogP contribution in [0.2, 0.25) is 0 Å². The molecule has 1 saturated carbocycles. The molecular formula is C20H24N2O3S. The molecule has 0 saturated heterocycles. The van der Waals surface area contributed by atoms with E-state index in [1.807, 2.05) is 0 Å². The Morgan fingerprint density at radius 1 is 1.08 bits per heavy atom. The van der Waals surface area contributed by atoms with Gasteiger partial charge in [-0.1, -0.05) is 36.8 Å². The van der Waals surface area contributed by atoms with Gasteiger partial charge < -0.3 is 11.1 Å². The van der Waals surface area contributed by atoms with E-state index in [0.717, 1.165) is 19.3 Å². The van der Waals surface area contributed by atoms with Crippen LogP contribution in [-0.2, 0) is 20.4 Å². The number of hydrogen-bond acceptors (Lipinski definition) is 4. The minimum absolute atomic E-state index is 0.0268. The molecule has 0 bridgehead atoms. The van der Waals surface area contributed by atoms with E-state index in [-0.39, 0.29) is 23.5 Å². The third kappa shape index (κ3) is 4.31. The number of sulfone groups is 1. The van der Waals surface area contributed by atoms with Gasteiger partial charge in [-0.15, -0.1) is 0 Å². The minimum Gasteiger partial charge on any atom is -0.330 e. The first kappa shape index (κ1) is 18.6. The van der Waals surface area contributed by atoms with Crippen LogP contribution in [0.15, 0.2) is 59.5 Å². The van der Waals surface area contributed by atoms with Gasteiger partial charge in [0.05, 0.1) is 10.6 Å². The number of amides is 1. The highest BCUT2D eigenvalue weighted by molar-refractivity contribution is 7.90. The van der Waals surface area contributed by atoms with E-state index in [9.17, 15) is 13.2 Å². The third-order valence-corrected chi connectivity index (χ3v) is 6.66. The predicted molar refractivity (Wildman–Crippen MR) is 102 cm³/mol. The fraction of sp³-hybridized carbons (Fsp3) is 0.350. The summed E-state index contributed by atoms with van der Waals surface area (Å²) in [5, 5.41) is 2.92. The van der Waals surface area contributed by atoms with Gasteiger partial charge in [-0.25, -0.2) is 8.42 Å². The van der Waals surface area contributed by atoms with Gasteiger partial charge in [-0.3, -0.25) is 4.79 Å². The first-order valence-electron chi connectivity index (χ1n) is 8.87. The molecule has 2 aromatic carbocycles. The van der Waals surface area contributed by atoms with Gasteiger partial charge in [0.1, 0.15) is 0 Å². The van der Waals surface area contributed by atoms with E-state index < -0.39 is 9.84 Å². The van der Waals surface area contributed by atoms with Crippen molar-refractivity contribution in [1.82, 2.24) is 0 Å². The van der Waals surface area contributed by atoms with Crippen LogP contribution in [0, 0.1) is 11.8 Å². The summed E-state index contributed by atoms with van der Waals surface area (Å²) in [7, 11) is -3.42. The van der Waals surface area contributed by atoms with Crippen molar-refractivity contribution in [2.24, 2.45) is 17.6 Å². The van der Waals surface area contributed by atoms with E-state index in [4.69, 9.17) is 5.73 Å². The molecule has 1 aliphatic carbocycles. The van der Waals surface area contributed by atoms with Crippen molar-refractivity contribution in [2.45, 2.75) is 29.9 Å². The van der Waals surface area contributed by atoms with E-state index >= 15 is 0 Å². The van der Waals surface area contributed by atoms with Gasteiger partial charge >= 0.3 is 0 Å². The fourth-order valence-electron chi connectivity index (χ4n) is 3.57. The number of carbonyl (C=O) groups is 1. The molecule has 3 rings (SSSR count). The Morgan fingerprint density at radius 3 is 2.58 bits per heavy atom. The maximum atomic E-state index is 12.5. The summed E-state index contributed by atoms with van der Waals surface area (Å²) in [6.45, 7) is 0.521. The molecular weight excluding hydrogens is 348 g/mol. The highest BCUT2D eigenvalue weighted by Gasteiger charge is 2.31. The summed E-state index contributed by atoms with van der Waals surface area (Å²) in [4.78, 5) is 12.8. The summed E-state index contributed by atoms with van der Waals surface area (Å²) in [5.74, 6) is 0.0460. The molecule has 0 aliphatic heterocycles. The molecule has 0 spiro atoms. The van der Waals surface area contributed by atoms with E-state index in [0.29, 0.717) is 22.7 Å². The van der Waals surface area contributed by atoms with Crippen molar-refractivity contribution in [3.63, 3.8) is 0 Å². The maximum absolute atomic E-state index is 12.5. The highest BCUT2D eigenvalue weighted by atomic mass is 32.2. The van der Waals surface area contributed by atoms with Crippen molar-refractivity contribution in [3.05, 3.63) is 60.2 Å². The molecule has 0 unspecified atom stereocenters. The molecule has 2 aromatic rings. The average molecular weight is 372 g/mol. The Labute approximate surface area is 154 Å². The van der Waals surface area contributed by atoms with Gasteiger partial charge in [0.25, 0.3) is 0 Å². The molecule has 2 atom stereocenters. The third-order valence-electron chi connectivity index (χ3n) is 4.95. The molecule has 5 nitrogen and oxygen atoms in total. The van der Waals surface area contributed by atoms with Crippen LogP contribution in [0.4, 0.5) is 5.69 Å². The zero-order valence-corrected chi connectivity index (χ0v) is 15.4. The lowest BCUT2D eigenvalue weighted by Crippen LogP contribution is -2.29. The van der Waals surface area contributed by atoms with Crippen molar-refractivity contribution in [2.75, 3.05) is 11.9 Å². The second kappa shape index (κ2) is 8.01. The lowest BCUT2D eigenvalue weighted by molar-refractivity contribution is -0.120. The van der Waals surface area contributed by atoms with E-state index in [1.165, 1.54) is 0 Å². The molecule has 1 amide bonds. The summed E-state index contributed by atoms with van der Waals surface area (Å²) in [6.07, 6.45) is 2.87. The average Bonchev–Trinajstić information content (AvgIpc) is 3.11. The molecule has 0 aromatic heterocycles. The summed E-state index contributed by atoms with van der Waals surface area (Å²) >= 11 is 0. The number of carbonyl (C=O) groups excluding carboxylic acids is 1. The number of benzene rings is 2. The van der Waals surface area contributed by atoms with Crippen molar-refractivity contribution < 1.29 is 13.2 Å². The van der Waals surface area contributed by atoms with Crippen LogP contribution in [0.1, 0.15) is 24.8 Å². The normalized spacial score (nSPS) is 20.0. The van der Waals surface area contributed by atoms with Crippen molar-refractivity contribution in [1.29, 1.82) is 0 Å². The Balaban J connectivity index is 1.71. The van der Waals surface area contributed by atoms with Crippen LogP contribution >= 0.6 is 0 Å². The zero-order chi connectivity index (χ0) is 18.6. The molecule has 0 heterocycles. The lowest BCUT2D eigenvalue weighted by Gasteiger charge is -2.17. The molecule has 6 heteroatoms. The maximum Gasteiger partial charge on any atom is 0.227 e. The first-order valence-corrected chi connectivity index (χ1v) is 10.5. The molecule has 1 aliphatic rings. The largest absolute Gasteiger partial charge is 0.330 e. The zero-order valence-electron chi connectivity index (χ0n) is 14.6. The Bertz CT molecular complexity index is 866. The standard InChI is InChI=1S/C20H24N2O3S/c21-13-16-7-5-11-19(16)20(23)22-17-8-4-6-15(12-17)14-26(24,25)18-9-2-1-3-10-18/h1-4,6,8-10,12,16,19H,5,7,11,13-14,21H2,(H,22,23)/t16-,19-/m1/s1. The molecule has 3 N–H and O–H groups in total. The van der Waals surface area contributed by atoms with E-state index in [1.54, 1.807) is 54.6 Å². The number of anilines is 1. The van der Waals surface area contributed by atoms with Gasteiger partial charge in [-0.2, -0.15) is 0 Å². The highest BCUT2D eigenvalue weighted by Crippen LogP contribution is 2.32. The Kier molecular flexibility index (Phi) is 5.74. The summed E-state index contributed by atoms with van der Waals surface area (Å²) in [6, 6.07) is 15.4. The van der Waals surface area contributed by atoms with Crippen LogP contribution in [0.3, 0.4) is 0 Å². The smallest absolute Gasteiger partial charge is 0.227 e. The number of nitrogens with one attached hydrogen (secondary N) is 1. The van der Waals surface area contributed by atoms with E-state index in [2.05, 4.69) is 5.32 Å². The quantitative estimate of drug-likeness (QED) is 0.816. The fourth-order valence-corrected chi connectivity index (χ4v) is 4.93. The van der Waals surface area contributed by atoms with Crippen LogP contribution in [-0.4, -0.2) is 20.9 Å². The monoisotopic (exact) mass is 372 g/mol. The number of hydrogen-bond donors (Lipinski definition) is 2. The molecule has 1 fully saturated rings. The minimum atomic E-state index is -3.42. The lowest BCUT2D eigenvalue weighted by atomic mass is 9.95. The van der Waals surface area contributed by atoms with Crippen LogP contribution in [0.5, 0.6) is 0 Å².